The van der Waals surface area contributed by atoms with E-state index in [-0.39, 0.29) is 5.90 Å². The number of hydrogen-bond acceptors (Lipinski definition) is 7. The van der Waals surface area contributed by atoms with Crippen LogP contribution < -0.4 is 4.90 Å². The van der Waals surface area contributed by atoms with Crippen LogP contribution in [-0.2, 0) is 9.47 Å². The second kappa shape index (κ2) is 5.96. The molecular formula is C21H21N5O2. The standard InChI is InChI=1S/C21H21N5O2/c1-26(2)15-8-6-14(7-9-15)17-19(11-22,12-23)20(13-24)16-5-3-4-10-21(16,27-17)28-18(20)25/h6-9,16-17,25H,3-5,10H2,1-2H3/t16-,17-,20+,21-/m1/s1. The first kappa shape index (κ1) is 18.3. The Bertz CT molecular complexity index is 937. The van der Waals surface area contributed by atoms with Crippen LogP contribution in [0.3, 0.4) is 0 Å². The molecule has 1 saturated carbocycles. The van der Waals surface area contributed by atoms with E-state index >= 15 is 0 Å². The summed E-state index contributed by atoms with van der Waals surface area (Å²) in [5, 5.41) is 39.1. The minimum Gasteiger partial charge on any atom is -0.447 e. The van der Waals surface area contributed by atoms with Gasteiger partial charge in [-0.25, -0.2) is 0 Å². The lowest BCUT2D eigenvalue weighted by molar-refractivity contribution is -0.294. The summed E-state index contributed by atoms with van der Waals surface area (Å²) in [7, 11) is 3.85. The zero-order valence-corrected chi connectivity index (χ0v) is 15.9. The highest BCUT2D eigenvalue weighted by atomic mass is 16.7. The van der Waals surface area contributed by atoms with E-state index < -0.39 is 28.6 Å². The molecule has 3 fully saturated rings. The van der Waals surface area contributed by atoms with Gasteiger partial charge in [0, 0.05) is 26.2 Å². The van der Waals surface area contributed by atoms with E-state index in [0.29, 0.717) is 18.4 Å². The molecule has 0 spiro atoms. The van der Waals surface area contributed by atoms with E-state index in [9.17, 15) is 15.8 Å². The molecule has 7 nitrogen and oxygen atoms in total. The van der Waals surface area contributed by atoms with Crippen molar-refractivity contribution in [1.29, 1.82) is 21.2 Å². The van der Waals surface area contributed by atoms with Crippen molar-refractivity contribution in [3.8, 4) is 18.2 Å². The molecule has 1 aliphatic carbocycles. The molecule has 0 radical (unpaired) electrons. The fraction of sp³-hybridized carbons (Fsp3) is 0.524. The Balaban J connectivity index is 1.93. The normalized spacial score (nSPS) is 34.9. The highest BCUT2D eigenvalue weighted by Crippen LogP contribution is 2.69. The van der Waals surface area contributed by atoms with E-state index in [0.717, 1.165) is 18.5 Å². The van der Waals surface area contributed by atoms with Crippen LogP contribution in [0.1, 0.15) is 37.4 Å². The summed E-state index contributed by atoms with van der Waals surface area (Å²) in [6.45, 7) is 0. The van der Waals surface area contributed by atoms with Crippen LogP contribution in [-0.4, -0.2) is 25.8 Å². The van der Waals surface area contributed by atoms with Gasteiger partial charge in [0.1, 0.15) is 6.10 Å². The molecule has 2 aliphatic heterocycles. The van der Waals surface area contributed by atoms with Gasteiger partial charge in [-0.3, -0.25) is 5.41 Å². The van der Waals surface area contributed by atoms with Crippen molar-refractivity contribution in [2.75, 3.05) is 19.0 Å². The van der Waals surface area contributed by atoms with Crippen molar-refractivity contribution < 1.29 is 9.47 Å². The average Bonchev–Trinajstić information content (AvgIpc) is 2.92. The Hall–Kier alpha value is -3.08. The van der Waals surface area contributed by atoms with Crippen molar-refractivity contribution in [3.05, 3.63) is 29.8 Å². The molecule has 2 saturated heterocycles. The number of nitriles is 3. The second-order valence-corrected chi connectivity index (χ2v) is 7.98. The Morgan fingerprint density at radius 3 is 2.32 bits per heavy atom. The molecule has 4 rings (SSSR count). The molecule has 3 aliphatic rings. The van der Waals surface area contributed by atoms with Gasteiger partial charge in [-0.1, -0.05) is 18.6 Å². The number of ether oxygens (including phenoxy) is 2. The van der Waals surface area contributed by atoms with Crippen LogP contribution in [0.25, 0.3) is 0 Å². The van der Waals surface area contributed by atoms with Crippen LogP contribution >= 0.6 is 0 Å². The lowest BCUT2D eigenvalue weighted by Gasteiger charge is -2.51. The Kier molecular flexibility index (Phi) is 3.89. The largest absolute Gasteiger partial charge is 0.447 e. The molecule has 2 bridgehead atoms. The quantitative estimate of drug-likeness (QED) is 0.848. The third kappa shape index (κ3) is 1.96. The van der Waals surface area contributed by atoms with Gasteiger partial charge in [-0.2, -0.15) is 15.8 Å². The van der Waals surface area contributed by atoms with Gasteiger partial charge >= 0.3 is 0 Å². The second-order valence-electron chi connectivity index (χ2n) is 7.98. The first-order chi connectivity index (χ1) is 13.4. The molecule has 28 heavy (non-hydrogen) atoms. The van der Waals surface area contributed by atoms with Crippen molar-refractivity contribution >= 4 is 11.6 Å². The minimum atomic E-state index is -1.86. The molecule has 0 amide bonds. The van der Waals surface area contributed by atoms with E-state index in [1.54, 1.807) is 0 Å². The summed E-state index contributed by atoms with van der Waals surface area (Å²) in [6.07, 6.45) is 1.86. The van der Waals surface area contributed by atoms with Gasteiger partial charge in [0.15, 0.2) is 5.41 Å². The maximum Gasteiger partial charge on any atom is 0.217 e. The Morgan fingerprint density at radius 2 is 1.75 bits per heavy atom. The molecular weight excluding hydrogens is 354 g/mol. The zero-order valence-electron chi connectivity index (χ0n) is 15.9. The van der Waals surface area contributed by atoms with Crippen LogP contribution in [0.15, 0.2) is 24.3 Å². The lowest BCUT2D eigenvalue weighted by Crippen LogP contribution is -2.60. The molecule has 142 valence electrons. The van der Waals surface area contributed by atoms with E-state index in [4.69, 9.17) is 14.9 Å². The summed E-state index contributed by atoms with van der Waals surface area (Å²) in [5.41, 5.74) is -1.90. The maximum atomic E-state index is 10.2. The first-order valence-corrected chi connectivity index (χ1v) is 9.37. The summed E-state index contributed by atoms with van der Waals surface area (Å²) < 4.78 is 12.2. The highest BCUT2D eigenvalue weighted by molar-refractivity contribution is 5.89. The number of nitrogens with one attached hydrogen (secondary N) is 1. The lowest BCUT2D eigenvalue weighted by atomic mass is 9.51. The summed E-state index contributed by atoms with van der Waals surface area (Å²) in [5.74, 6) is -1.92. The Morgan fingerprint density at radius 1 is 1.07 bits per heavy atom. The monoisotopic (exact) mass is 375 g/mol. The van der Waals surface area contributed by atoms with Crippen molar-refractivity contribution in [2.24, 2.45) is 16.7 Å². The minimum absolute atomic E-state index is 0.308. The predicted molar refractivity (Wildman–Crippen MR) is 99.8 cm³/mol. The van der Waals surface area contributed by atoms with Crippen molar-refractivity contribution in [2.45, 2.75) is 37.6 Å². The van der Waals surface area contributed by atoms with Gasteiger partial charge in [0.2, 0.25) is 17.1 Å². The summed E-state index contributed by atoms with van der Waals surface area (Å²) in [4.78, 5) is 1.95. The van der Waals surface area contributed by atoms with Crippen molar-refractivity contribution in [3.63, 3.8) is 0 Å². The summed E-state index contributed by atoms with van der Waals surface area (Å²) >= 11 is 0. The SMILES string of the molecule is CN(C)c1ccc([C@H]2O[C@@]34CCCC[C@@H]3[C@@](C#N)(C(=N)O4)C2(C#N)C#N)cc1. The molecule has 7 heteroatoms. The molecule has 0 aromatic heterocycles. The molecule has 0 unspecified atom stereocenters. The molecule has 2 heterocycles. The number of hydrogen-bond donors (Lipinski definition) is 1. The Labute approximate surface area is 164 Å². The van der Waals surface area contributed by atoms with E-state index in [2.05, 4.69) is 18.2 Å². The highest BCUT2D eigenvalue weighted by Gasteiger charge is 2.80. The van der Waals surface area contributed by atoms with Crippen LogP contribution in [0.2, 0.25) is 0 Å². The van der Waals surface area contributed by atoms with Crippen LogP contribution in [0.4, 0.5) is 5.69 Å². The van der Waals surface area contributed by atoms with E-state index in [1.807, 2.05) is 43.3 Å². The molecule has 4 atom stereocenters. The predicted octanol–water partition coefficient (Wildman–Crippen LogP) is 3.26. The number of rotatable bonds is 2. The third-order valence-electron chi connectivity index (χ3n) is 6.53. The summed E-state index contributed by atoms with van der Waals surface area (Å²) in [6, 6.07) is 13.8. The van der Waals surface area contributed by atoms with E-state index in [1.165, 1.54) is 0 Å². The first-order valence-electron chi connectivity index (χ1n) is 9.37. The zero-order chi connectivity index (χ0) is 20.2. The fourth-order valence-corrected chi connectivity index (χ4v) is 5.11. The topological polar surface area (TPSA) is 117 Å². The van der Waals surface area contributed by atoms with Crippen LogP contribution in [0, 0.1) is 56.2 Å². The third-order valence-corrected chi connectivity index (χ3v) is 6.53. The molecule has 1 N–H and O–H groups in total. The van der Waals surface area contributed by atoms with Gasteiger partial charge in [-0.05, 0) is 30.5 Å². The number of nitrogens with zero attached hydrogens (tertiary/aromatic N) is 4. The van der Waals surface area contributed by atoms with Gasteiger partial charge in [0.25, 0.3) is 0 Å². The smallest absolute Gasteiger partial charge is 0.217 e. The van der Waals surface area contributed by atoms with Gasteiger partial charge < -0.3 is 14.4 Å². The number of anilines is 1. The molecule has 1 aromatic carbocycles. The van der Waals surface area contributed by atoms with Crippen molar-refractivity contribution in [1.82, 2.24) is 0 Å². The van der Waals surface area contributed by atoms with Gasteiger partial charge in [-0.15, -0.1) is 0 Å². The maximum absolute atomic E-state index is 10.2. The fourth-order valence-electron chi connectivity index (χ4n) is 5.11. The number of benzene rings is 1. The molecule has 1 aromatic rings. The van der Waals surface area contributed by atoms with Gasteiger partial charge in [0.05, 0.1) is 24.1 Å². The van der Waals surface area contributed by atoms with Crippen LogP contribution in [0.5, 0.6) is 0 Å². The average molecular weight is 375 g/mol.